The maximum Gasteiger partial charge on any atom is 0.226 e. The molecule has 0 fully saturated rings. The second-order valence-corrected chi connectivity index (χ2v) is 6.51. The minimum absolute atomic E-state index is 0.0256. The van der Waals surface area contributed by atoms with Gasteiger partial charge in [0.1, 0.15) is 0 Å². The van der Waals surface area contributed by atoms with Crippen molar-refractivity contribution in [2.24, 2.45) is 0 Å². The number of carbonyl (C=O) groups excluding carboxylic acids is 1. The molecule has 1 aliphatic rings. The van der Waals surface area contributed by atoms with Crippen molar-refractivity contribution in [1.29, 1.82) is 0 Å². The Labute approximate surface area is 146 Å². The van der Waals surface area contributed by atoms with Crippen LogP contribution in [0.25, 0.3) is 11.3 Å². The Balaban J connectivity index is 1.48. The molecular weight excluding hydrogens is 324 g/mol. The van der Waals surface area contributed by atoms with E-state index in [0.29, 0.717) is 23.0 Å². The van der Waals surface area contributed by atoms with Crippen molar-refractivity contribution in [3.05, 3.63) is 52.7 Å². The summed E-state index contributed by atoms with van der Waals surface area (Å²) in [6.45, 7) is 0.687. The smallest absolute Gasteiger partial charge is 0.226 e. The molecule has 1 aliphatic carbocycles. The van der Waals surface area contributed by atoms with Gasteiger partial charge in [0.25, 0.3) is 0 Å². The summed E-state index contributed by atoms with van der Waals surface area (Å²) in [5, 5.41) is 7.60. The molecular formula is C19H21ClN2O2. The van der Waals surface area contributed by atoms with E-state index in [4.69, 9.17) is 16.1 Å². The fraction of sp³-hybridized carbons (Fsp3) is 0.368. The first kappa shape index (κ1) is 16.8. The highest BCUT2D eigenvalue weighted by Crippen LogP contribution is 2.22. The van der Waals surface area contributed by atoms with E-state index in [1.54, 1.807) is 18.2 Å². The fourth-order valence-corrected chi connectivity index (χ4v) is 2.99. The van der Waals surface area contributed by atoms with Crippen LogP contribution in [0, 0.1) is 0 Å². The summed E-state index contributed by atoms with van der Waals surface area (Å²) in [7, 11) is 0. The summed E-state index contributed by atoms with van der Waals surface area (Å²) in [5.41, 5.74) is 2.99. The van der Waals surface area contributed by atoms with Gasteiger partial charge in [0.05, 0.1) is 12.1 Å². The van der Waals surface area contributed by atoms with Gasteiger partial charge in [-0.15, -0.1) is 0 Å². The lowest BCUT2D eigenvalue weighted by Gasteiger charge is -2.12. The van der Waals surface area contributed by atoms with Crippen molar-refractivity contribution in [2.45, 2.75) is 38.5 Å². The Morgan fingerprint density at radius 3 is 2.83 bits per heavy atom. The van der Waals surface area contributed by atoms with E-state index in [1.165, 1.54) is 31.3 Å². The predicted octanol–water partition coefficient (Wildman–Crippen LogP) is 4.54. The third-order valence-electron chi connectivity index (χ3n) is 4.18. The van der Waals surface area contributed by atoms with Crippen molar-refractivity contribution >= 4 is 17.5 Å². The molecule has 1 N–H and O–H groups in total. The topological polar surface area (TPSA) is 55.1 Å². The summed E-state index contributed by atoms with van der Waals surface area (Å²) in [6, 6.07) is 9.12. The number of allylic oxidation sites excluding steroid dienone is 1. The highest BCUT2D eigenvalue weighted by atomic mass is 35.5. The van der Waals surface area contributed by atoms with E-state index in [9.17, 15) is 4.79 Å². The SMILES string of the molecule is O=C(Cc1cc(-c2ccc(Cl)cc2)on1)NCCC1=CCCCC1. The van der Waals surface area contributed by atoms with Crippen molar-refractivity contribution in [1.82, 2.24) is 10.5 Å². The zero-order chi connectivity index (χ0) is 16.8. The van der Waals surface area contributed by atoms with Gasteiger partial charge in [-0.2, -0.15) is 0 Å². The largest absolute Gasteiger partial charge is 0.356 e. The number of amides is 1. The van der Waals surface area contributed by atoms with Crippen LogP contribution in [0.15, 0.2) is 46.5 Å². The summed E-state index contributed by atoms with van der Waals surface area (Å²) >= 11 is 5.87. The molecule has 126 valence electrons. The van der Waals surface area contributed by atoms with Gasteiger partial charge < -0.3 is 9.84 Å². The molecule has 0 spiro atoms. The Morgan fingerprint density at radius 1 is 1.25 bits per heavy atom. The number of halogens is 1. The van der Waals surface area contributed by atoms with Crippen molar-refractivity contribution in [3.63, 3.8) is 0 Å². The number of nitrogens with one attached hydrogen (secondary N) is 1. The number of rotatable bonds is 6. The van der Waals surface area contributed by atoms with Gasteiger partial charge in [0.15, 0.2) is 5.76 Å². The fourth-order valence-electron chi connectivity index (χ4n) is 2.87. The van der Waals surface area contributed by atoms with Crippen LogP contribution in [-0.2, 0) is 11.2 Å². The monoisotopic (exact) mass is 344 g/mol. The molecule has 1 amide bonds. The molecule has 0 bridgehead atoms. The summed E-state index contributed by atoms with van der Waals surface area (Å²) in [5.74, 6) is 0.615. The Hall–Kier alpha value is -2.07. The van der Waals surface area contributed by atoms with Crippen LogP contribution in [0.1, 0.15) is 37.8 Å². The van der Waals surface area contributed by atoms with Gasteiger partial charge >= 0.3 is 0 Å². The molecule has 0 atom stereocenters. The first-order valence-electron chi connectivity index (χ1n) is 8.37. The van der Waals surface area contributed by atoms with Gasteiger partial charge in [0.2, 0.25) is 5.91 Å². The average Bonchev–Trinajstić information content (AvgIpc) is 3.05. The quantitative estimate of drug-likeness (QED) is 0.782. The maximum atomic E-state index is 12.0. The number of carbonyl (C=O) groups is 1. The molecule has 24 heavy (non-hydrogen) atoms. The van der Waals surface area contributed by atoms with Crippen LogP contribution in [0.2, 0.25) is 5.02 Å². The number of hydrogen-bond donors (Lipinski definition) is 1. The Bertz CT molecular complexity index is 719. The van der Waals surface area contributed by atoms with Crippen molar-refractivity contribution in [3.8, 4) is 11.3 Å². The molecule has 0 unspecified atom stereocenters. The average molecular weight is 345 g/mol. The van der Waals surface area contributed by atoms with Crippen LogP contribution in [-0.4, -0.2) is 17.6 Å². The van der Waals surface area contributed by atoms with Gasteiger partial charge in [-0.05, 0) is 56.4 Å². The van der Waals surface area contributed by atoms with Gasteiger partial charge in [-0.1, -0.05) is 28.4 Å². The predicted molar refractivity (Wildman–Crippen MR) is 94.8 cm³/mol. The second kappa shape index (κ2) is 8.15. The maximum absolute atomic E-state index is 12.0. The number of hydrogen-bond acceptors (Lipinski definition) is 3. The molecule has 0 saturated carbocycles. The van der Waals surface area contributed by atoms with Crippen LogP contribution in [0.5, 0.6) is 0 Å². The first-order chi connectivity index (χ1) is 11.7. The van der Waals surface area contributed by atoms with Crippen LogP contribution < -0.4 is 5.32 Å². The van der Waals surface area contributed by atoms with Crippen LogP contribution >= 0.6 is 11.6 Å². The highest BCUT2D eigenvalue weighted by molar-refractivity contribution is 6.30. The minimum Gasteiger partial charge on any atom is -0.356 e. The third kappa shape index (κ3) is 4.71. The molecule has 2 aromatic rings. The van der Waals surface area contributed by atoms with Gasteiger partial charge in [0, 0.05) is 23.2 Å². The summed E-state index contributed by atoms with van der Waals surface area (Å²) in [4.78, 5) is 12.0. The van der Waals surface area contributed by atoms with E-state index in [2.05, 4.69) is 16.5 Å². The van der Waals surface area contributed by atoms with E-state index in [1.807, 2.05) is 12.1 Å². The molecule has 1 aromatic heterocycles. The van der Waals surface area contributed by atoms with E-state index >= 15 is 0 Å². The van der Waals surface area contributed by atoms with Gasteiger partial charge in [-0.25, -0.2) is 0 Å². The molecule has 1 aromatic carbocycles. The van der Waals surface area contributed by atoms with E-state index < -0.39 is 0 Å². The molecule has 0 aliphatic heterocycles. The molecule has 5 heteroatoms. The van der Waals surface area contributed by atoms with Gasteiger partial charge in [-0.3, -0.25) is 4.79 Å². The van der Waals surface area contributed by atoms with E-state index in [-0.39, 0.29) is 12.3 Å². The standard InChI is InChI=1S/C19H21ClN2O2/c20-16-8-6-15(7-9-16)18-12-17(22-24-18)13-19(23)21-11-10-14-4-2-1-3-5-14/h4,6-9,12H,1-3,5,10-11,13H2,(H,21,23). The lowest BCUT2D eigenvalue weighted by atomic mass is 9.97. The lowest BCUT2D eigenvalue weighted by molar-refractivity contribution is -0.120. The number of aromatic nitrogens is 1. The molecule has 1 heterocycles. The zero-order valence-corrected chi connectivity index (χ0v) is 14.3. The van der Waals surface area contributed by atoms with Crippen molar-refractivity contribution in [2.75, 3.05) is 6.54 Å². The molecule has 4 nitrogen and oxygen atoms in total. The zero-order valence-electron chi connectivity index (χ0n) is 13.6. The number of benzene rings is 1. The lowest BCUT2D eigenvalue weighted by Crippen LogP contribution is -2.26. The van der Waals surface area contributed by atoms with Crippen LogP contribution in [0.3, 0.4) is 0 Å². The molecule has 0 saturated heterocycles. The van der Waals surface area contributed by atoms with Crippen molar-refractivity contribution < 1.29 is 9.32 Å². The van der Waals surface area contributed by atoms with Crippen LogP contribution in [0.4, 0.5) is 0 Å². The summed E-state index contributed by atoms with van der Waals surface area (Å²) in [6.07, 6.45) is 8.39. The Kier molecular flexibility index (Phi) is 5.70. The normalized spacial score (nSPS) is 14.3. The molecule has 0 radical (unpaired) electrons. The minimum atomic E-state index is -0.0256. The first-order valence-corrected chi connectivity index (χ1v) is 8.74. The third-order valence-corrected chi connectivity index (χ3v) is 4.43. The summed E-state index contributed by atoms with van der Waals surface area (Å²) < 4.78 is 5.31. The second-order valence-electron chi connectivity index (χ2n) is 6.07. The highest BCUT2D eigenvalue weighted by Gasteiger charge is 2.11. The molecule has 3 rings (SSSR count). The number of nitrogens with zero attached hydrogens (tertiary/aromatic N) is 1. The Morgan fingerprint density at radius 2 is 2.08 bits per heavy atom. The van der Waals surface area contributed by atoms with E-state index in [0.717, 1.165) is 12.0 Å².